The maximum absolute atomic E-state index is 5.37. The lowest BCUT2D eigenvalue weighted by molar-refractivity contribution is 0.393. The highest BCUT2D eigenvalue weighted by Gasteiger charge is 2.24. The van der Waals surface area contributed by atoms with Gasteiger partial charge in [-0.15, -0.1) is 0 Å². The molecule has 1 N–H and O–H groups in total. The van der Waals surface area contributed by atoms with Gasteiger partial charge in [0.1, 0.15) is 0 Å². The van der Waals surface area contributed by atoms with Gasteiger partial charge in [0.25, 0.3) is 0 Å². The predicted molar refractivity (Wildman–Crippen MR) is 91.5 cm³/mol. The first-order valence-corrected chi connectivity index (χ1v) is 9.03. The highest BCUT2D eigenvalue weighted by atomic mass is 32.2. The average molecular weight is 318 g/mol. The number of thioether (sulfide) groups is 1. The Bertz CT molecular complexity index is 395. The van der Waals surface area contributed by atoms with Crippen molar-refractivity contribution in [1.29, 1.82) is 0 Å². The molecule has 1 rings (SSSR count). The van der Waals surface area contributed by atoms with E-state index in [-0.39, 0.29) is 0 Å². The minimum Gasteiger partial charge on any atom is -0.480 e. The minimum absolute atomic E-state index is 0.336. The SMILES string of the molecule is CCC(CC)(CNCc1sc(N(C)C)nc1OC)SC. The van der Waals surface area contributed by atoms with Crippen LogP contribution in [0.2, 0.25) is 0 Å². The van der Waals surface area contributed by atoms with Crippen LogP contribution >= 0.6 is 23.1 Å². The van der Waals surface area contributed by atoms with Crippen LogP contribution in [0.15, 0.2) is 0 Å². The van der Waals surface area contributed by atoms with Crippen molar-refractivity contribution >= 4 is 28.2 Å². The summed E-state index contributed by atoms with van der Waals surface area (Å²) in [4.78, 5) is 7.66. The smallest absolute Gasteiger partial charge is 0.230 e. The average Bonchev–Trinajstić information content (AvgIpc) is 2.87. The van der Waals surface area contributed by atoms with Crippen molar-refractivity contribution in [2.45, 2.75) is 38.0 Å². The molecule has 0 fully saturated rings. The first-order valence-electron chi connectivity index (χ1n) is 6.98. The largest absolute Gasteiger partial charge is 0.480 e. The van der Waals surface area contributed by atoms with E-state index in [4.69, 9.17) is 4.74 Å². The van der Waals surface area contributed by atoms with E-state index in [1.165, 1.54) is 17.7 Å². The highest BCUT2D eigenvalue weighted by molar-refractivity contribution is 8.00. The van der Waals surface area contributed by atoms with Gasteiger partial charge in [0, 0.05) is 31.9 Å². The molecule has 0 radical (unpaired) electrons. The molecule has 0 saturated heterocycles. The quantitative estimate of drug-likeness (QED) is 0.757. The molecule has 0 aliphatic rings. The number of hydrogen-bond acceptors (Lipinski definition) is 6. The number of anilines is 1. The molecule has 0 amide bonds. The normalized spacial score (nSPS) is 11.7. The molecule has 0 bridgehead atoms. The van der Waals surface area contributed by atoms with Crippen LogP contribution in [-0.2, 0) is 6.54 Å². The number of aromatic nitrogens is 1. The minimum atomic E-state index is 0.336. The van der Waals surface area contributed by atoms with Gasteiger partial charge in [-0.1, -0.05) is 25.2 Å². The number of methoxy groups -OCH3 is 1. The van der Waals surface area contributed by atoms with Crippen LogP contribution in [0.1, 0.15) is 31.6 Å². The Hall–Kier alpha value is -0.460. The van der Waals surface area contributed by atoms with Crippen LogP contribution in [0.5, 0.6) is 5.88 Å². The molecule has 1 heterocycles. The lowest BCUT2D eigenvalue weighted by atomic mass is 10.0. The summed E-state index contributed by atoms with van der Waals surface area (Å²) >= 11 is 3.64. The van der Waals surface area contributed by atoms with Gasteiger partial charge in [-0.25, -0.2) is 0 Å². The topological polar surface area (TPSA) is 37.4 Å². The first kappa shape index (κ1) is 17.6. The number of hydrogen-bond donors (Lipinski definition) is 1. The van der Waals surface area contributed by atoms with Gasteiger partial charge in [0.05, 0.1) is 12.0 Å². The summed E-state index contributed by atoms with van der Waals surface area (Å²) < 4.78 is 5.70. The fraction of sp³-hybridized carbons (Fsp3) is 0.786. The zero-order valence-corrected chi connectivity index (χ0v) is 15.1. The number of nitrogens with zero attached hydrogens (tertiary/aromatic N) is 2. The molecule has 0 aliphatic carbocycles. The van der Waals surface area contributed by atoms with Gasteiger partial charge in [0.15, 0.2) is 5.13 Å². The second-order valence-electron chi connectivity index (χ2n) is 5.02. The zero-order chi connectivity index (χ0) is 15.2. The molecule has 0 aromatic carbocycles. The summed E-state index contributed by atoms with van der Waals surface area (Å²) in [5.74, 6) is 0.744. The Kier molecular flexibility index (Phi) is 7.12. The summed E-state index contributed by atoms with van der Waals surface area (Å²) in [6.07, 6.45) is 4.56. The predicted octanol–water partition coefficient (Wildman–Crippen LogP) is 3.23. The van der Waals surface area contributed by atoms with E-state index < -0.39 is 0 Å². The van der Waals surface area contributed by atoms with Gasteiger partial charge >= 0.3 is 0 Å². The van der Waals surface area contributed by atoms with E-state index in [0.717, 1.165) is 24.1 Å². The molecule has 0 spiro atoms. The van der Waals surface area contributed by atoms with Crippen molar-refractivity contribution in [2.75, 3.05) is 38.9 Å². The molecule has 0 atom stereocenters. The summed E-state index contributed by atoms with van der Waals surface area (Å²) in [7, 11) is 5.69. The number of thiazole rings is 1. The van der Waals surface area contributed by atoms with Crippen LogP contribution in [0, 0.1) is 0 Å². The van der Waals surface area contributed by atoms with Crippen molar-refractivity contribution < 1.29 is 4.74 Å². The van der Waals surface area contributed by atoms with Crippen molar-refractivity contribution in [3.63, 3.8) is 0 Å². The Labute approximate surface area is 131 Å². The Morgan fingerprint density at radius 3 is 2.45 bits per heavy atom. The van der Waals surface area contributed by atoms with Gasteiger partial charge in [-0.2, -0.15) is 16.7 Å². The molecule has 4 nitrogen and oxygen atoms in total. The zero-order valence-electron chi connectivity index (χ0n) is 13.4. The van der Waals surface area contributed by atoms with Crippen LogP contribution < -0.4 is 15.0 Å². The lowest BCUT2D eigenvalue weighted by Gasteiger charge is -2.29. The monoisotopic (exact) mass is 317 g/mol. The fourth-order valence-electron chi connectivity index (χ4n) is 2.05. The Balaban J connectivity index is 2.65. The van der Waals surface area contributed by atoms with Crippen molar-refractivity contribution in [3.05, 3.63) is 4.88 Å². The summed E-state index contributed by atoms with van der Waals surface area (Å²) in [5, 5.41) is 4.56. The summed E-state index contributed by atoms with van der Waals surface area (Å²) in [5.41, 5.74) is 0. The van der Waals surface area contributed by atoms with E-state index in [0.29, 0.717) is 4.75 Å². The van der Waals surface area contributed by atoms with Gasteiger partial charge in [-0.3, -0.25) is 0 Å². The van der Waals surface area contributed by atoms with Crippen molar-refractivity contribution in [1.82, 2.24) is 10.3 Å². The van der Waals surface area contributed by atoms with Crippen molar-refractivity contribution in [2.24, 2.45) is 0 Å². The van der Waals surface area contributed by atoms with Gasteiger partial charge < -0.3 is 15.0 Å². The molecule has 0 unspecified atom stereocenters. The number of rotatable bonds is 9. The van der Waals surface area contributed by atoms with E-state index in [1.807, 2.05) is 30.8 Å². The van der Waals surface area contributed by atoms with E-state index in [2.05, 4.69) is 30.4 Å². The molecule has 20 heavy (non-hydrogen) atoms. The van der Waals surface area contributed by atoms with E-state index >= 15 is 0 Å². The van der Waals surface area contributed by atoms with Crippen molar-refractivity contribution in [3.8, 4) is 5.88 Å². The molecule has 0 saturated carbocycles. The molecule has 6 heteroatoms. The number of nitrogens with one attached hydrogen (secondary N) is 1. The molecule has 1 aromatic heterocycles. The second kappa shape index (κ2) is 8.10. The molecule has 1 aromatic rings. The third-order valence-electron chi connectivity index (χ3n) is 3.68. The Morgan fingerprint density at radius 2 is 2.00 bits per heavy atom. The third-order valence-corrected chi connectivity index (χ3v) is 6.47. The maximum atomic E-state index is 5.37. The van der Waals surface area contributed by atoms with Crippen LogP contribution in [0.25, 0.3) is 0 Å². The molecular weight excluding hydrogens is 290 g/mol. The van der Waals surface area contributed by atoms with Crippen LogP contribution in [-0.4, -0.2) is 43.7 Å². The first-order chi connectivity index (χ1) is 9.51. The summed E-state index contributed by atoms with van der Waals surface area (Å²) in [6, 6.07) is 0. The summed E-state index contributed by atoms with van der Waals surface area (Å²) in [6.45, 7) is 6.36. The van der Waals surface area contributed by atoms with E-state index in [9.17, 15) is 0 Å². The fourth-order valence-corrected chi connectivity index (χ4v) is 3.80. The highest BCUT2D eigenvalue weighted by Crippen LogP contribution is 2.32. The maximum Gasteiger partial charge on any atom is 0.230 e. The Morgan fingerprint density at radius 1 is 1.35 bits per heavy atom. The standard InChI is InChI=1S/C14H27N3OS2/c1-7-14(8-2,19-6)10-15-9-11-12(18-5)16-13(20-11)17(3)4/h15H,7-10H2,1-6H3. The van der Waals surface area contributed by atoms with Gasteiger partial charge in [0.2, 0.25) is 5.88 Å². The van der Waals surface area contributed by atoms with E-state index in [1.54, 1.807) is 18.4 Å². The van der Waals surface area contributed by atoms with Crippen LogP contribution in [0.3, 0.4) is 0 Å². The van der Waals surface area contributed by atoms with Crippen LogP contribution in [0.4, 0.5) is 5.13 Å². The lowest BCUT2D eigenvalue weighted by Crippen LogP contribution is -2.36. The second-order valence-corrected chi connectivity index (χ2v) is 7.36. The molecule has 0 aliphatic heterocycles. The molecule has 116 valence electrons. The van der Waals surface area contributed by atoms with Gasteiger partial charge in [-0.05, 0) is 19.1 Å². The third kappa shape index (κ3) is 4.27. The molecular formula is C14H27N3OS2. The number of ether oxygens (including phenoxy) is 1.